The van der Waals surface area contributed by atoms with Crippen molar-refractivity contribution in [1.82, 2.24) is 9.62 Å². The SMILES string of the molecule is COc1cccc(N2CCN(C(=O)CNS(=O)(=O)c3ccccc3)CC2)c1. The number of carbonyl (C=O) groups excluding carboxylic acids is 1. The van der Waals surface area contributed by atoms with Crippen molar-refractivity contribution in [1.29, 1.82) is 0 Å². The van der Waals surface area contributed by atoms with Gasteiger partial charge in [-0.05, 0) is 24.3 Å². The monoisotopic (exact) mass is 389 g/mol. The lowest BCUT2D eigenvalue weighted by molar-refractivity contribution is -0.130. The molecule has 1 aliphatic rings. The highest BCUT2D eigenvalue weighted by molar-refractivity contribution is 7.89. The van der Waals surface area contributed by atoms with E-state index < -0.39 is 10.0 Å². The van der Waals surface area contributed by atoms with E-state index in [1.54, 1.807) is 30.2 Å². The highest BCUT2D eigenvalue weighted by atomic mass is 32.2. The first-order valence-corrected chi connectivity index (χ1v) is 10.2. The van der Waals surface area contributed by atoms with Crippen LogP contribution >= 0.6 is 0 Å². The van der Waals surface area contributed by atoms with Crippen molar-refractivity contribution in [3.05, 3.63) is 54.6 Å². The minimum Gasteiger partial charge on any atom is -0.497 e. The van der Waals surface area contributed by atoms with Gasteiger partial charge in [0, 0.05) is 37.9 Å². The molecule has 0 aromatic heterocycles. The number of rotatable bonds is 6. The van der Waals surface area contributed by atoms with Gasteiger partial charge in [-0.2, -0.15) is 0 Å². The maximum atomic E-state index is 12.4. The minimum absolute atomic E-state index is 0.153. The Labute approximate surface area is 159 Å². The van der Waals surface area contributed by atoms with E-state index in [9.17, 15) is 13.2 Å². The predicted molar refractivity (Wildman–Crippen MR) is 103 cm³/mol. The van der Waals surface area contributed by atoms with E-state index in [0.717, 1.165) is 11.4 Å². The Morgan fingerprint density at radius 2 is 1.74 bits per heavy atom. The molecule has 0 unspecified atom stereocenters. The normalized spacial score (nSPS) is 14.9. The number of anilines is 1. The van der Waals surface area contributed by atoms with Gasteiger partial charge < -0.3 is 14.5 Å². The molecule has 3 rings (SSSR count). The van der Waals surface area contributed by atoms with Crippen LogP contribution in [0.2, 0.25) is 0 Å². The van der Waals surface area contributed by atoms with Crippen LogP contribution in [0.3, 0.4) is 0 Å². The van der Waals surface area contributed by atoms with Crippen molar-refractivity contribution in [2.45, 2.75) is 4.90 Å². The number of benzene rings is 2. The van der Waals surface area contributed by atoms with Crippen molar-refractivity contribution >= 4 is 21.6 Å². The molecule has 0 atom stereocenters. The summed E-state index contributed by atoms with van der Waals surface area (Å²) in [7, 11) is -2.05. The third-order valence-electron chi connectivity index (χ3n) is 4.52. The molecule has 27 heavy (non-hydrogen) atoms. The molecule has 1 amide bonds. The zero-order valence-electron chi connectivity index (χ0n) is 15.2. The summed E-state index contributed by atoms with van der Waals surface area (Å²) in [5, 5.41) is 0. The number of sulfonamides is 1. The van der Waals surface area contributed by atoms with Gasteiger partial charge in [-0.25, -0.2) is 13.1 Å². The Morgan fingerprint density at radius 3 is 2.41 bits per heavy atom. The summed E-state index contributed by atoms with van der Waals surface area (Å²) < 4.78 is 32.1. The van der Waals surface area contributed by atoms with E-state index in [1.165, 1.54) is 12.1 Å². The third-order valence-corrected chi connectivity index (χ3v) is 5.93. The van der Waals surface area contributed by atoms with E-state index >= 15 is 0 Å². The molecule has 0 saturated carbocycles. The molecule has 0 bridgehead atoms. The highest BCUT2D eigenvalue weighted by Crippen LogP contribution is 2.22. The molecule has 0 aliphatic carbocycles. The van der Waals surface area contributed by atoms with E-state index in [0.29, 0.717) is 26.2 Å². The number of nitrogens with one attached hydrogen (secondary N) is 1. The molecule has 7 nitrogen and oxygen atoms in total. The standard InChI is InChI=1S/C19H23N3O4S/c1-26-17-7-5-6-16(14-17)21-10-12-22(13-11-21)19(23)15-20-27(24,25)18-8-3-2-4-9-18/h2-9,14,20H,10-13,15H2,1H3. The van der Waals surface area contributed by atoms with Crippen molar-refractivity contribution in [2.75, 3.05) is 44.7 Å². The zero-order valence-corrected chi connectivity index (χ0v) is 16.0. The molecule has 1 fully saturated rings. The fourth-order valence-corrected chi connectivity index (χ4v) is 3.97. The van der Waals surface area contributed by atoms with Crippen molar-refractivity contribution in [3.8, 4) is 5.75 Å². The zero-order chi connectivity index (χ0) is 19.3. The first-order chi connectivity index (χ1) is 13.0. The van der Waals surface area contributed by atoms with Crippen molar-refractivity contribution in [3.63, 3.8) is 0 Å². The fourth-order valence-electron chi connectivity index (χ4n) is 2.97. The van der Waals surface area contributed by atoms with Crippen LogP contribution in [0.25, 0.3) is 0 Å². The number of hydrogen-bond acceptors (Lipinski definition) is 5. The minimum atomic E-state index is -3.68. The third kappa shape index (κ3) is 4.78. The number of piperazine rings is 1. The molecule has 0 spiro atoms. The predicted octanol–water partition coefficient (Wildman–Crippen LogP) is 1.32. The molecule has 144 valence electrons. The van der Waals surface area contributed by atoms with Gasteiger partial charge in [0.1, 0.15) is 5.75 Å². The summed E-state index contributed by atoms with van der Waals surface area (Å²) in [5.74, 6) is 0.570. The molecule has 0 radical (unpaired) electrons. The topological polar surface area (TPSA) is 79.0 Å². The van der Waals surface area contributed by atoms with Gasteiger partial charge in [0.15, 0.2) is 0 Å². The van der Waals surface area contributed by atoms with E-state index in [1.807, 2.05) is 24.3 Å². The van der Waals surface area contributed by atoms with Gasteiger partial charge in [-0.3, -0.25) is 4.79 Å². The van der Waals surface area contributed by atoms with Crippen molar-refractivity contribution in [2.24, 2.45) is 0 Å². The second-order valence-corrected chi connectivity index (χ2v) is 7.97. The number of nitrogens with zero attached hydrogens (tertiary/aromatic N) is 2. The average Bonchev–Trinajstić information content (AvgIpc) is 2.73. The van der Waals surface area contributed by atoms with Crippen LogP contribution in [-0.2, 0) is 14.8 Å². The van der Waals surface area contributed by atoms with Gasteiger partial charge >= 0.3 is 0 Å². The van der Waals surface area contributed by atoms with Crippen LogP contribution in [0.4, 0.5) is 5.69 Å². The first-order valence-electron chi connectivity index (χ1n) is 8.71. The Bertz CT molecular complexity index is 879. The smallest absolute Gasteiger partial charge is 0.241 e. The average molecular weight is 389 g/mol. The molecule has 2 aromatic rings. The first kappa shape index (κ1) is 19.2. The molecule has 8 heteroatoms. The second-order valence-electron chi connectivity index (χ2n) is 6.21. The van der Waals surface area contributed by atoms with Crippen LogP contribution in [0.1, 0.15) is 0 Å². The van der Waals surface area contributed by atoms with Crippen LogP contribution in [0, 0.1) is 0 Å². The maximum Gasteiger partial charge on any atom is 0.241 e. The molecular formula is C19H23N3O4S. The van der Waals surface area contributed by atoms with Gasteiger partial charge in [-0.1, -0.05) is 24.3 Å². The van der Waals surface area contributed by atoms with Crippen molar-refractivity contribution < 1.29 is 17.9 Å². The molecule has 1 aliphatic heterocycles. The van der Waals surface area contributed by atoms with Gasteiger partial charge in [0.05, 0.1) is 18.6 Å². The van der Waals surface area contributed by atoms with E-state index in [-0.39, 0.29) is 17.3 Å². The van der Waals surface area contributed by atoms with E-state index in [2.05, 4.69) is 9.62 Å². The summed E-state index contributed by atoms with van der Waals surface area (Å²) in [4.78, 5) is 16.4. The fraction of sp³-hybridized carbons (Fsp3) is 0.316. The summed E-state index contributed by atoms with van der Waals surface area (Å²) in [6, 6.07) is 15.8. The number of ether oxygens (including phenoxy) is 1. The number of carbonyl (C=O) groups is 1. The van der Waals surface area contributed by atoms with E-state index in [4.69, 9.17) is 4.74 Å². The molecule has 2 aromatic carbocycles. The van der Waals surface area contributed by atoms with Gasteiger partial charge in [0.2, 0.25) is 15.9 Å². The highest BCUT2D eigenvalue weighted by Gasteiger charge is 2.23. The Kier molecular flexibility index (Phi) is 5.98. The summed E-state index contributed by atoms with van der Waals surface area (Å²) in [6.07, 6.45) is 0. The Morgan fingerprint density at radius 1 is 1.04 bits per heavy atom. The number of hydrogen-bond donors (Lipinski definition) is 1. The largest absolute Gasteiger partial charge is 0.497 e. The number of amides is 1. The lowest BCUT2D eigenvalue weighted by Gasteiger charge is -2.36. The second kappa shape index (κ2) is 8.41. The number of methoxy groups -OCH3 is 1. The maximum absolute atomic E-state index is 12.4. The Hall–Kier alpha value is -2.58. The van der Waals surface area contributed by atoms with Gasteiger partial charge in [0.25, 0.3) is 0 Å². The van der Waals surface area contributed by atoms with Crippen LogP contribution < -0.4 is 14.4 Å². The molecule has 1 saturated heterocycles. The van der Waals surface area contributed by atoms with Crippen LogP contribution in [0.5, 0.6) is 5.75 Å². The summed E-state index contributed by atoms with van der Waals surface area (Å²) in [6.45, 7) is 2.22. The van der Waals surface area contributed by atoms with Crippen LogP contribution in [-0.4, -0.2) is 59.1 Å². The molecular weight excluding hydrogens is 366 g/mol. The molecule has 1 heterocycles. The van der Waals surface area contributed by atoms with Gasteiger partial charge in [-0.15, -0.1) is 0 Å². The quantitative estimate of drug-likeness (QED) is 0.806. The Balaban J connectivity index is 1.53. The lowest BCUT2D eigenvalue weighted by Crippen LogP contribution is -2.51. The summed E-state index contributed by atoms with van der Waals surface area (Å²) in [5.41, 5.74) is 1.05. The lowest BCUT2D eigenvalue weighted by atomic mass is 10.2. The molecule has 1 N–H and O–H groups in total. The summed E-state index contributed by atoms with van der Waals surface area (Å²) >= 11 is 0. The van der Waals surface area contributed by atoms with Crippen LogP contribution in [0.15, 0.2) is 59.5 Å².